The van der Waals surface area contributed by atoms with Crippen LogP contribution in [-0.4, -0.2) is 10.9 Å². The molecule has 0 unspecified atom stereocenters. The number of hydrogen-bond donors (Lipinski definition) is 1. The van der Waals surface area contributed by atoms with Crippen LogP contribution in [0.15, 0.2) is 76.2 Å². The van der Waals surface area contributed by atoms with Crippen molar-refractivity contribution < 1.29 is 9.21 Å². The first-order valence-corrected chi connectivity index (χ1v) is 9.51. The van der Waals surface area contributed by atoms with E-state index in [1.165, 1.54) is 11.3 Å². The molecule has 0 bridgehead atoms. The SMILES string of the molecule is O=C(Nc1nc2ccccc2s1)c1occc1CSc1ccccc1. The lowest BCUT2D eigenvalue weighted by Crippen LogP contribution is -2.12. The molecule has 2 aromatic heterocycles. The number of benzene rings is 2. The summed E-state index contributed by atoms with van der Waals surface area (Å²) in [4.78, 5) is 18.1. The molecule has 0 radical (unpaired) electrons. The third kappa shape index (κ3) is 3.60. The summed E-state index contributed by atoms with van der Waals surface area (Å²) in [6.45, 7) is 0. The molecule has 0 fully saturated rings. The van der Waals surface area contributed by atoms with Gasteiger partial charge in [0, 0.05) is 16.2 Å². The van der Waals surface area contributed by atoms with Gasteiger partial charge in [0.15, 0.2) is 10.9 Å². The van der Waals surface area contributed by atoms with E-state index >= 15 is 0 Å². The van der Waals surface area contributed by atoms with Crippen LogP contribution < -0.4 is 5.32 Å². The monoisotopic (exact) mass is 366 g/mol. The fourth-order valence-corrected chi connectivity index (χ4v) is 4.17. The number of furan rings is 1. The van der Waals surface area contributed by atoms with Crippen LogP contribution in [0.5, 0.6) is 0 Å². The number of thioether (sulfide) groups is 1. The average molecular weight is 366 g/mol. The number of carbonyl (C=O) groups excluding carboxylic acids is 1. The molecular formula is C19H14N2O2S2. The normalized spacial score (nSPS) is 10.9. The van der Waals surface area contributed by atoms with E-state index in [1.807, 2.05) is 60.7 Å². The summed E-state index contributed by atoms with van der Waals surface area (Å²) in [7, 11) is 0. The molecule has 25 heavy (non-hydrogen) atoms. The Labute approximate surface area is 152 Å². The van der Waals surface area contributed by atoms with Crippen LogP contribution in [0, 0.1) is 0 Å². The predicted molar refractivity (Wildman–Crippen MR) is 102 cm³/mol. The van der Waals surface area contributed by atoms with Crippen molar-refractivity contribution in [2.24, 2.45) is 0 Å². The van der Waals surface area contributed by atoms with E-state index in [0.717, 1.165) is 20.7 Å². The molecule has 1 amide bonds. The molecule has 0 aliphatic rings. The number of aromatic nitrogens is 1. The Morgan fingerprint density at radius 2 is 1.88 bits per heavy atom. The van der Waals surface area contributed by atoms with Crippen molar-refractivity contribution >= 4 is 44.4 Å². The highest BCUT2D eigenvalue weighted by molar-refractivity contribution is 7.98. The third-order valence-electron chi connectivity index (χ3n) is 3.60. The van der Waals surface area contributed by atoms with Gasteiger partial charge < -0.3 is 4.42 Å². The zero-order valence-corrected chi connectivity index (χ0v) is 14.8. The number of fused-ring (bicyclic) bond motifs is 1. The van der Waals surface area contributed by atoms with Crippen molar-refractivity contribution in [1.29, 1.82) is 0 Å². The second-order valence-electron chi connectivity index (χ2n) is 5.32. The number of thiazole rings is 1. The van der Waals surface area contributed by atoms with Crippen LogP contribution >= 0.6 is 23.1 Å². The molecule has 0 aliphatic carbocycles. The van der Waals surface area contributed by atoms with Crippen LogP contribution in [-0.2, 0) is 5.75 Å². The number of amides is 1. The summed E-state index contributed by atoms with van der Waals surface area (Å²) in [6, 6.07) is 19.7. The summed E-state index contributed by atoms with van der Waals surface area (Å²) in [5.41, 5.74) is 1.74. The maximum Gasteiger partial charge on any atom is 0.293 e. The Morgan fingerprint density at radius 3 is 2.72 bits per heavy atom. The number of para-hydroxylation sites is 1. The minimum absolute atomic E-state index is 0.271. The van der Waals surface area contributed by atoms with Gasteiger partial charge in [0.25, 0.3) is 5.91 Å². The Morgan fingerprint density at radius 1 is 1.08 bits per heavy atom. The van der Waals surface area contributed by atoms with Crippen molar-refractivity contribution in [3.63, 3.8) is 0 Å². The van der Waals surface area contributed by atoms with Gasteiger partial charge in [-0.25, -0.2) is 4.98 Å². The van der Waals surface area contributed by atoms with Gasteiger partial charge in [-0.15, -0.1) is 11.8 Å². The first kappa shape index (κ1) is 15.9. The van der Waals surface area contributed by atoms with Crippen LogP contribution in [0.4, 0.5) is 5.13 Å². The second kappa shape index (κ2) is 7.13. The Bertz CT molecular complexity index is 975. The van der Waals surface area contributed by atoms with Crippen molar-refractivity contribution in [1.82, 2.24) is 4.98 Å². The second-order valence-corrected chi connectivity index (χ2v) is 7.40. The molecule has 6 heteroatoms. The van der Waals surface area contributed by atoms with Crippen LogP contribution in [0.25, 0.3) is 10.2 Å². The van der Waals surface area contributed by atoms with Crippen LogP contribution in [0.2, 0.25) is 0 Å². The molecule has 2 aromatic carbocycles. The molecule has 0 saturated heterocycles. The third-order valence-corrected chi connectivity index (χ3v) is 5.62. The molecule has 1 N–H and O–H groups in total. The molecule has 0 saturated carbocycles. The molecule has 4 nitrogen and oxygen atoms in total. The molecule has 124 valence electrons. The minimum Gasteiger partial charge on any atom is -0.459 e. The maximum atomic E-state index is 12.5. The fraction of sp³-hybridized carbons (Fsp3) is 0.0526. The lowest BCUT2D eigenvalue weighted by molar-refractivity contribution is 0.0996. The summed E-state index contributed by atoms with van der Waals surface area (Å²) < 4.78 is 6.45. The summed E-state index contributed by atoms with van der Waals surface area (Å²) >= 11 is 3.12. The number of nitrogens with one attached hydrogen (secondary N) is 1. The first-order chi connectivity index (χ1) is 12.3. The molecule has 4 aromatic rings. The number of anilines is 1. The van der Waals surface area contributed by atoms with Gasteiger partial charge in [-0.3, -0.25) is 10.1 Å². The van der Waals surface area contributed by atoms with Gasteiger partial charge in [0.05, 0.1) is 16.5 Å². The van der Waals surface area contributed by atoms with Gasteiger partial charge in [-0.05, 0) is 30.3 Å². The topological polar surface area (TPSA) is 55.1 Å². The standard InChI is InChI=1S/C19H14N2O2S2/c22-18(21-19-20-15-8-4-5-9-16(15)25-19)17-13(10-11-23-17)12-24-14-6-2-1-3-7-14/h1-11H,12H2,(H,20,21,22). The molecule has 0 aliphatic heterocycles. The maximum absolute atomic E-state index is 12.5. The largest absolute Gasteiger partial charge is 0.459 e. The highest BCUT2D eigenvalue weighted by atomic mass is 32.2. The fourth-order valence-electron chi connectivity index (χ4n) is 2.41. The Balaban J connectivity index is 1.48. The van der Waals surface area contributed by atoms with Crippen molar-refractivity contribution in [2.45, 2.75) is 10.6 Å². The quantitative estimate of drug-likeness (QED) is 0.478. The molecule has 0 atom stereocenters. The van der Waals surface area contributed by atoms with E-state index in [2.05, 4.69) is 10.3 Å². The van der Waals surface area contributed by atoms with E-state index in [-0.39, 0.29) is 5.91 Å². The van der Waals surface area contributed by atoms with Crippen molar-refractivity contribution in [2.75, 3.05) is 5.32 Å². The van der Waals surface area contributed by atoms with E-state index in [4.69, 9.17) is 4.42 Å². The molecule has 4 rings (SSSR count). The number of carbonyl (C=O) groups is 1. The number of hydrogen-bond acceptors (Lipinski definition) is 5. The summed E-state index contributed by atoms with van der Waals surface area (Å²) in [6.07, 6.45) is 1.55. The van der Waals surface area contributed by atoms with Gasteiger partial charge in [-0.1, -0.05) is 41.7 Å². The molecular weight excluding hydrogens is 352 g/mol. The number of nitrogens with zero attached hydrogens (tertiary/aromatic N) is 1. The van der Waals surface area contributed by atoms with E-state index in [1.54, 1.807) is 18.0 Å². The van der Waals surface area contributed by atoms with Gasteiger partial charge in [0.2, 0.25) is 0 Å². The van der Waals surface area contributed by atoms with Gasteiger partial charge >= 0.3 is 0 Å². The molecule has 2 heterocycles. The first-order valence-electron chi connectivity index (χ1n) is 7.71. The van der Waals surface area contributed by atoms with Gasteiger partial charge in [0.1, 0.15) is 0 Å². The summed E-state index contributed by atoms with van der Waals surface area (Å²) in [5, 5.41) is 3.41. The van der Waals surface area contributed by atoms with Crippen molar-refractivity contribution in [3.05, 3.63) is 78.3 Å². The average Bonchev–Trinajstić information content (AvgIpc) is 3.27. The minimum atomic E-state index is -0.271. The smallest absolute Gasteiger partial charge is 0.293 e. The zero-order valence-electron chi connectivity index (χ0n) is 13.1. The highest BCUT2D eigenvalue weighted by Gasteiger charge is 2.17. The van der Waals surface area contributed by atoms with Gasteiger partial charge in [-0.2, -0.15) is 0 Å². The predicted octanol–water partition coefficient (Wildman–Crippen LogP) is 5.43. The van der Waals surface area contributed by atoms with E-state index in [0.29, 0.717) is 16.6 Å². The Kier molecular flexibility index (Phi) is 4.54. The lowest BCUT2D eigenvalue weighted by atomic mass is 10.3. The molecule has 0 spiro atoms. The lowest BCUT2D eigenvalue weighted by Gasteiger charge is -2.03. The number of rotatable bonds is 5. The zero-order chi connectivity index (χ0) is 17.1. The Hall–Kier alpha value is -2.57. The van der Waals surface area contributed by atoms with E-state index in [9.17, 15) is 4.79 Å². The van der Waals surface area contributed by atoms with Crippen LogP contribution in [0.1, 0.15) is 16.1 Å². The summed E-state index contributed by atoms with van der Waals surface area (Å²) in [5.74, 6) is 0.735. The van der Waals surface area contributed by atoms with Crippen molar-refractivity contribution in [3.8, 4) is 0 Å². The van der Waals surface area contributed by atoms with E-state index < -0.39 is 0 Å². The highest BCUT2D eigenvalue weighted by Crippen LogP contribution is 2.28. The van der Waals surface area contributed by atoms with Crippen LogP contribution in [0.3, 0.4) is 0 Å².